The third-order valence-electron chi connectivity index (χ3n) is 4.51. The lowest BCUT2D eigenvalue weighted by Crippen LogP contribution is -2.35. The molecule has 18 heavy (non-hydrogen) atoms. The SMILES string of the molecule is C=C(C)CCC1(C(=O)O)CCC(CCCC)CC1. The number of hydrogen-bond acceptors (Lipinski definition) is 1. The van der Waals surface area contributed by atoms with Crippen molar-refractivity contribution in [3.05, 3.63) is 12.2 Å². The summed E-state index contributed by atoms with van der Waals surface area (Å²) in [5.74, 6) is 0.181. The Morgan fingerprint density at radius 3 is 2.44 bits per heavy atom. The van der Waals surface area contributed by atoms with Crippen LogP contribution in [0, 0.1) is 11.3 Å². The van der Waals surface area contributed by atoms with Gasteiger partial charge in [-0.1, -0.05) is 31.8 Å². The number of carbonyl (C=O) groups is 1. The lowest BCUT2D eigenvalue weighted by molar-refractivity contribution is -0.152. The molecule has 1 fully saturated rings. The molecule has 2 heteroatoms. The first-order valence-electron chi connectivity index (χ1n) is 7.38. The fraction of sp³-hybridized carbons (Fsp3) is 0.812. The highest BCUT2D eigenvalue weighted by Gasteiger charge is 2.41. The van der Waals surface area contributed by atoms with Crippen LogP contribution in [0.5, 0.6) is 0 Å². The molecular weight excluding hydrogens is 224 g/mol. The summed E-state index contributed by atoms with van der Waals surface area (Å²) in [6, 6.07) is 0. The number of hydrogen-bond donors (Lipinski definition) is 1. The summed E-state index contributed by atoms with van der Waals surface area (Å²) < 4.78 is 0. The lowest BCUT2D eigenvalue weighted by atomic mass is 9.67. The van der Waals surface area contributed by atoms with Gasteiger partial charge >= 0.3 is 5.97 Å². The lowest BCUT2D eigenvalue weighted by Gasteiger charge is -2.37. The molecule has 1 aliphatic carbocycles. The second-order valence-corrected chi connectivity index (χ2v) is 6.13. The summed E-state index contributed by atoms with van der Waals surface area (Å²) >= 11 is 0. The van der Waals surface area contributed by atoms with Gasteiger partial charge in [-0.25, -0.2) is 0 Å². The van der Waals surface area contributed by atoms with E-state index in [0.29, 0.717) is 0 Å². The number of unbranched alkanes of at least 4 members (excludes halogenated alkanes) is 1. The Morgan fingerprint density at radius 1 is 1.39 bits per heavy atom. The summed E-state index contributed by atoms with van der Waals surface area (Å²) in [7, 11) is 0. The van der Waals surface area contributed by atoms with E-state index in [0.717, 1.165) is 50.0 Å². The Morgan fingerprint density at radius 2 is 2.00 bits per heavy atom. The van der Waals surface area contributed by atoms with Gasteiger partial charge < -0.3 is 5.11 Å². The number of allylic oxidation sites excluding steroid dienone is 1. The summed E-state index contributed by atoms with van der Waals surface area (Å²) in [6.45, 7) is 8.10. The highest BCUT2D eigenvalue weighted by atomic mass is 16.4. The van der Waals surface area contributed by atoms with Crippen molar-refractivity contribution in [2.45, 2.75) is 71.6 Å². The highest BCUT2D eigenvalue weighted by molar-refractivity contribution is 5.74. The molecule has 1 saturated carbocycles. The van der Waals surface area contributed by atoms with E-state index in [4.69, 9.17) is 0 Å². The average Bonchev–Trinajstić information content (AvgIpc) is 2.35. The quantitative estimate of drug-likeness (QED) is 0.661. The number of carboxylic acids is 1. The van der Waals surface area contributed by atoms with Gasteiger partial charge in [0.25, 0.3) is 0 Å². The fourth-order valence-corrected chi connectivity index (χ4v) is 3.04. The van der Waals surface area contributed by atoms with Gasteiger partial charge in [0.2, 0.25) is 0 Å². The van der Waals surface area contributed by atoms with Crippen molar-refractivity contribution in [3.63, 3.8) is 0 Å². The van der Waals surface area contributed by atoms with E-state index in [1.807, 2.05) is 6.92 Å². The van der Waals surface area contributed by atoms with Gasteiger partial charge in [-0.15, -0.1) is 6.58 Å². The zero-order valence-electron chi connectivity index (χ0n) is 12.0. The molecule has 0 radical (unpaired) electrons. The summed E-state index contributed by atoms with van der Waals surface area (Å²) in [5, 5.41) is 9.53. The average molecular weight is 252 g/mol. The molecule has 1 N–H and O–H groups in total. The van der Waals surface area contributed by atoms with Gasteiger partial charge in [0.05, 0.1) is 5.41 Å². The molecule has 0 saturated heterocycles. The molecule has 0 aromatic carbocycles. The molecule has 1 rings (SSSR count). The first kappa shape index (κ1) is 15.3. The Bertz CT molecular complexity index is 285. The van der Waals surface area contributed by atoms with Crippen LogP contribution in [0.2, 0.25) is 0 Å². The topological polar surface area (TPSA) is 37.3 Å². The Balaban J connectivity index is 2.51. The minimum absolute atomic E-state index is 0.457. The molecule has 0 aliphatic heterocycles. The van der Waals surface area contributed by atoms with Crippen LogP contribution < -0.4 is 0 Å². The second kappa shape index (κ2) is 6.96. The van der Waals surface area contributed by atoms with E-state index in [2.05, 4.69) is 13.5 Å². The molecule has 0 aromatic heterocycles. The molecule has 1 aliphatic rings. The third-order valence-corrected chi connectivity index (χ3v) is 4.51. The van der Waals surface area contributed by atoms with Crippen LogP contribution in [-0.4, -0.2) is 11.1 Å². The summed E-state index contributed by atoms with van der Waals surface area (Å²) in [4.78, 5) is 11.6. The fourth-order valence-electron chi connectivity index (χ4n) is 3.04. The number of aliphatic carboxylic acids is 1. The van der Waals surface area contributed by atoms with Gasteiger partial charge in [0.15, 0.2) is 0 Å². The van der Waals surface area contributed by atoms with E-state index >= 15 is 0 Å². The van der Waals surface area contributed by atoms with E-state index < -0.39 is 11.4 Å². The van der Waals surface area contributed by atoms with Crippen LogP contribution >= 0.6 is 0 Å². The first-order chi connectivity index (χ1) is 8.50. The molecule has 0 atom stereocenters. The van der Waals surface area contributed by atoms with Crippen LogP contribution in [0.25, 0.3) is 0 Å². The smallest absolute Gasteiger partial charge is 0.309 e. The van der Waals surface area contributed by atoms with Crippen LogP contribution in [0.15, 0.2) is 12.2 Å². The van der Waals surface area contributed by atoms with E-state index in [1.165, 1.54) is 19.3 Å². The molecule has 104 valence electrons. The zero-order chi connectivity index (χ0) is 13.6. The molecule has 0 bridgehead atoms. The first-order valence-corrected chi connectivity index (χ1v) is 7.38. The largest absolute Gasteiger partial charge is 0.481 e. The predicted molar refractivity (Wildman–Crippen MR) is 75.6 cm³/mol. The maximum Gasteiger partial charge on any atom is 0.309 e. The Kier molecular flexibility index (Phi) is 5.90. The number of carboxylic acid groups (broad SMARTS) is 1. The second-order valence-electron chi connectivity index (χ2n) is 6.13. The molecule has 0 amide bonds. The normalized spacial score (nSPS) is 28.0. The van der Waals surface area contributed by atoms with Crippen molar-refractivity contribution in [3.8, 4) is 0 Å². The van der Waals surface area contributed by atoms with E-state index in [-0.39, 0.29) is 0 Å². The Hall–Kier alpha value is -0.790. The van der Waals surface area contributed by atoms with Crippen molar-refractivity contribution in [1.29, 1.82) is 0 Å². The molecular formula is C16H28O2. The van der Waals surface area contributed by atoms with Gasteiger partial charge in [0, 0.05) is 0 Å². The van der Waals surface area contributed by atoms with Crippen LogP contribution in [0.1, 0.15) is 71.6 Å². The van der Waals surface area contributed by atoms with Gasteiger partial charge in [-0.05, 0) is 51.4 Å². The Labute approximate surface area is 111 Å². The van der Waals surface area contributed by atoms with Crippen molar-refractivity contribution >= 4 is 5.97 Å². The van der Waals surface area contributed by atoms with Crippen LogP contribution in [-0.2, 0) is 4.79 Å². The van der Waals surface area contributed by atoms with E-state index in [1.54, 1.807) is 0 Å². The maximum absolute atomic E-state index is 11.6. The van der Waals surface area contributed by atoms with Crippen LogP contribution in [0.4, 0.5) is 0 Å². The van der Waals surface area contributed by atoms with E-state index in [9.17, 15) is 9.90 Å². The third kappa shape index (κ3) is 4.15. The monoisotopic (exact) mass is 252 g/mol. The number of rotatable bonds is 7. The zero-order valence-corrected chi connectivity index (χ0v) is 12.0. The summed E-state index contributed by atoms with van der Waals surface area (Å²) in [6.07, 6.45) is 9.38. The minimum Gasteiger partial charge on any atom is -0.481 e. The highest BCUT2D eigenvalue weighted by Crippen LogP contribution is 2.44. The molecule has 0 heterocycles. The molecule has 0 aromatic rings. The van der Waals surface area contributed by atoms with Crippen molar-refractivity contribution in [2.75, 3.05) is 0 Å². The molecule has 2 nitrogen and oxygen atoms in total. The molecule has 0 spiro atoms. The maximum atomic E-state index is 11.6. The van der Waals surface area contributed by atoms with Crippen LogP contribution in [0.3, 0.4) is 0 Å². The predicted octanol–water partition coefficient (Wildman–Crippen LogP) is 4.79. The molecule has 0 unspecified atom stereocenters. The van der Waals surface area contributed by atoms with Gasteiger partial charge in [-0.3, -0.25) is 4.79 Å². The summed E-state index contributed by atoms with van der Waals surface area (Å²) in [5.41, 5.74) is 0.644. The minimum atomic E-state index is -0.585. The van der Waals surface area contributed by atoms with Gasteiger partial charge in [0.1, 0.15) is 0 Å². The standard InChI is InChI=1S/C16H28O2/c1-4-5-6-14-8-11-16(12-9-14,15(17)18)10-7-13(2)3/h14H,2,4-12H2,1,3H3,(H,17,18). The van der Waals surface area contributed by atoms with Crippen molar-refractivity contribution < 1.29 is 9.90 Å². The van der Waals surface area contributed by atoms with Gasteiger partial charge in [-0.2, -0.15) is 0 Å². The van der Waals surface area contributed by atoms with Crippen molar-refractivity contribution in [1.82, 2.24) is 0 Å². The van der Waals surface area contributed by atoms with Crippen molar-refractivity contribution in [2.24, 2.45) is 11.3 Å².